The Morgan fingerprint density at radius 3 is 2.62 bits per heavy atom. The molecule has 0 bridgehead atoms. The molecule has 1 saturated carbocycles. The summed E-state index contributed by atoms with van der Waals surface area (Å²) >= 11 is 0. The number of rotatable bonds is 4. The van der Waals surface area contributed by atoms with Gasteiger partial charge in [0.2, 0.25) is 10.0 Å². The van der Waals surface area contributed by atoms with Gasteiger partial charge in [0.1, 0.15) is 0 Å². The van der Waals surface area contributed by atoms with Gasteiger partial charge in [-0.3, -0.25) is 0 Å². The number of nitrogens with two attached hydrogens (primary N) is 1. The minimum absolute atomic E-state index is 0.119. The molecule has 0 amide bonds. The second-order valence-electron chi connectivity index (χ2n) is 6.24. The first-order valence-corrected chi connectivity index (χ1v) is 9.08. The SMILES string of the molecule is Cc1cc(S(=O)(=O)N(C)C2CCCC(C)C2)ccc1CN. The van der Waals surface area contributed by atoms with Crippen LogP contribution in [0.5, 0.6) is 0 Å². The van der Waals surface area contributed by atoms with Gasteiger partial charge >= 0.3 is 0 Å². The van der Waals surface area contributed by atoms with Crippen molar-refractivity contribution in [3.63, 3.8) is 0 Å². The monoisotopic (exact) mass is 310 g/mol. The van der Waals surface area contributed by atoms with E-state index in [0.29, 0.717) is 17.4 Å². The maximum Gasteiger partial charge on any atom is 0.243 e. The minimum atomic E-state index is -3.42. The first-order valence-electron chi connectivity index (χ1n) is 7.64. The number of hydrogen-bond donors (Lipinski definition) is 1. The second-order valence-corrected chi connectivity index (χ2v) is 8.24. The normalized spacial score (nSPS) is 23.5. The van der Waals surface area contributed by atoms with Crippen molar-refractivity contribution in [2.45, 2.75) is 57.0 Å². The fourth-order valence-corrected chi connectivity index (χ4v) is 4.63. The van der Waals surface area contributed by atoms with Gasteiger partial charge in [0.15, 0.2) is 0 Å². The summed E-state index contributed by atoms with van der Waals surface area (Å²) in [5, 5.41) is 0. The highest BCUT2D eigenvalue weighted by molar-refractivity contribution is 7.89. The minimum Gasteiger partial charge on any atom is -0.326 e. The van der Waals surface area contributed by atoms with Crippen LogP contribution in [-0.2, 0) is 16.6 Å². The zero-order valence-corrected chi connectivity index (χ0v) is 14.0. The Bertz CT molecular complexity index is 598. The zero-order chi connectivity index (χ0) is 15.6. The quantitative estimate of drug-likeness (QED) is 0.930. The third-order valence-corrected chi connectivity index (χ3v) is 6.54. The van der Waals surface area contributed by atoms with Crippen molar-refractivity contribution in [1.82, 2.24) is 4.31 Å². The Labute approximate surface area is 128 Å². The van der Waals surface area contributed by atoms with E-state index in [0.717, 1.165) is 30.4 Å². The zero-order valence-electron chi connectivity index (χ0n) is 13.2. The fourth-order valence-electron chi connectivity index (χ4n) is 3.15. The summed E-state index contributed by atoms with van der Waals surface area (Å²) in [6.45, 7) is 4.54. The van der Waals surface area contributed by atoms with Crippen molar-refractivity contribution >= 4 is 10.0 Å². The molecule has 1 aliphatic rings. The molecule has 4 nitrogen and oxygen atoms in total. The third kappa shape index (κ3) is 3.47. The van der Waals surface area contributed by atoms with Crippen molar-refractivity contribution in [1.29, 1.82) is 0 Å². The van der Waals surface area contributed by atoms with Gasteiger partial charge in [0.05, 0.1) is 4.90 Å². The summed E-state index contributed by atoms with van der Waals surface area (Å²) < 4.78 is 27.1. The molecule has 0 aromatic heterocycles. The Morgan fingerprint density at radius 1 is 1.33 bits per heavy atom. The summed E-state index contributed by atoms with van der Waals surface area (Å²) in [5.41, 5.74) is 7.56. The van der Waals surface area contributed by atoms with Crippen LogP contribution < -0.4 is 5.73 Å². The number of nitrogens with zero attached hydrogens (tertiary/aromatic N) is 1. The van der Waals surface area contributed by atoms with Crippen molar-refractivity contribution < 1.29 is 8.42 Å². The predicted molar refractivity (Wildman–Crippen MR) is 85.4 cm³/mol. The van der Waals surface area contributed by atoms with Gasteiger partial charge in [0.25, 0.3) is 0 Å². The highest BCUT2D eigenvalue weighted by Gasteiger charge is 2.31. The second kappa shape index (κ2) is 6.46. The van der Waals surface area contributed by atoms with Crippen molar-refractivity contribution in [2.75, 3.05) is 7.05 Å². The number of benzene rings is 1. The van der Waals surface area contributed by atoms with Gasteiger partial charge in [-0.15, -0.1) is 0 Å². The van der Waals surface area contributed by atoms with E-state index >= 15 is 0 Å². The average Bonchev–Trinajstić information content (AvgIpc) is 2.46. The van der Waals surface area contributed by atoms with E-state index in [1.54, 1.807) is 23.5 Å². The summed E-state index contributed by atoms with van der Waals surface area (Å²) in [4.78, 5) is 0.373. The Balaban J connectivity index is 2.26. The van der Waals surface area contributed by atoms with Crippen molar-refractivity contribution in [3.05, 3.63) is 29.3 Å². The summed E-state index contributed by atoms with van der Waals surface area (Å²) in [7, 11) is -1.70. The van der Waals surface area contributed by atoms with Gasteiger partial charge in [-0.1, -0.05) is 25.8 Å². The molecule has 5 heteroatoms. The van der Waals surface area contributed by atoms with Crippen LogP contribution in [0, 0.1) is 12.8 Å². The summed E-state index contributed by atoms with van der Waals surface area (Å²) in [6.07, 6.45) is 4.22. The number of hydrogen-bond acceptors (Lipinski definition) is 3. The molecule has 0 heterocycles. The summed E-state index contributed by atoms with van der Waals surface area (Å²) in [6, 6.07) is 5.35. The molecule has 0 saturated heterocycles. The van der Waals surface area contributed by atoms with Gasteiger partial charge in [-0.25, -0.2) is 8.42 Å². The Kier molecular flexibility index (Phi) is 5.07. The maximum atomic E-state index is 12.8. The van der Waals surface area contributed by atoms with Crippen LogP contribution in [0.15, 0.2) is 23.1 Å². The van der Waals surface area contributed by atoms with E-state index in [1.807, 2.05) is 13.0 Å². The lowest BCUT2D eigenvalue weighted by Gasteiger charge is -2.33. The van der Waals surface area contributed by atoms with Crippen molar-refractivity contribution in [3.8, 4) is 0 Å². The topological polar surface area (TPSA) is 63.4 Å². The first kappa shape index (κ1) is 16.5. The molecule has 1 aromatic carbocycles. The molecule has 2 rings (SSSR count). The van der Waals surface area contributed by atoms with Crippen LogP contribution in [-0.4, -0.2) is 25.8 Å². The standard InChI is InChI=1S/C16H26N2O2S/c1-12-5-4-6-15(9-12)18(3)21(19,20)16-8-7-14(11-17)13(2)10-16/h7-8,10,12,15H,4-6,9,11,17H2,1-3H3. The van der Waals surface area contributed by atoms with Crippen molar-refractivity contribution in [2.24, 2.45) is 11.7 Å². The summed E-state index contributed by atoms with van der Waals surface area (Å²) in [5.74, 6) is 0.600. The van der Waals surface area contributed by atoms with E-state index < -0.39 is 10.0 Å². The van der Waals surface area contributed by atoms with E-state index in [1.165, 1.54) is 6.42 Å². The third-order valence-electron chi connectivity index (χ3n) is 4.63. The Morgan fingerprint density at radius 2 is 2.05 bits per heavy atom. The van der Waals surface area contributed by atoms with Crippen LogP contribution >= 0.6 is 0 Å². The van der Waals surface area contributed by atoms with Gasteiger partial charge in [0, 0.05) is 19.6 Å². The molecule has 2 N–H and O–H groups in total. The number of aryl methyl sites for hydroxylation is 1. The largest absolute Gasteiger partial charge is 0.326 e. The predicted octanol–water partition coefficient (Wildman–Crippen LogP) is 2.65. The molecular weight excluding hydrogens is 284 g/mol. The average molecular weight is 310 g/mol. The highest BCUT2D eigenvalue weighted by Crippen LogP contribution is 2.30. The molecule has 2 unspecified atom stereocenters. The molecule has 118 valence electrons. The first-order chi connectivity index (χ1) is 9.86. The fraction of sp³-hybridized carbons (Fsp3) is 0.625. The highest BCUT2D eigenvalue weighted by atomic mass is 32.2. The smallest absolute Gasteiger partial charge is 0.243 e. The molecule has 0 spiro atoms. The van der Waals surface area contributed by atoms with Crippen LogP contribution in [0.4, 0.5) is 0 Å². The van der Waals surface area contributed by atoms with E-state index in [2.05, 4.69) is 6.92 Å². The molecule has 0 aliphatic heterocycles. The van der Waals surface area contributed by atoms with Gasteiger partial charge < -0.3 is 5.73 Å². The van der Waals surface area contributed by atoms with Crippen LogP contribution in [0.25, 0.3) is 0 Å². The molecule has 2 atom stereocenters. The molecular formula is C16H26N2O2S. The lowest BCUT2D eigenvalue weighted by molar-refractivity contribution is 0.239. The van der Waals surface area contributed by atoms with Gasteiger partial charge in [-0.2, -0.15) is 4.31 Å². The van der Waals surface area contributed by atoms with E-state index in [4.69, 9.17) is 5.73 Å². The van der Waals surface area contributed by atoms with Gasteiger partial charge in [-0.05, 0) is 48.9 Å². The van der Waals surface area contributed by atoms with E-state index in [-0.39, 0.29) is 6.04 Å². The van der Waals surface area contributed by atoms with Crippen LogP contribution in [0.3, 0.4) is 0 Å². The lowest BCUT2D eigenvalue weighted by atomic mass is 9.87. The number of sulfonamides is 1. The molecule has 0 radical (unpaired) electrons. The molecule has 21 heavy (non-hydrogen) atoms. The maximum absolute atomic E-state index is 12.8. The molecule has 1 aromatic rings. The lowest BCUT2D eigenvalue weighted by Crippen LogP contribution is -2.39. The van der Waals surface area contributed by atoms with E-state index in [9.17, 15) is 8.42 Å². The molecule has 1 aliphatic carbocycles. The molecule has 1 fully saturated rings. The van der Waals surface area contributed by atoms with Crippen LogP contribution in [0.2, 0.25) is 0 Å². The Hall–Kier alpha value is -0.910. The van der Waals surface area contributed by atoms with Crippen LogP contribution in [0.1, 0.15) is 43.7 Å².